The number of para-hydroxylation sites is 1. The minimum atomic E-state index is -0.464. The molecular formula is C20H22N2O4. The van der Waals surface area contributed by atoms with Crippen molar-refractivity contribution in [2.75, 3.05) is 14.2 Å². The monoisotopic (exact) mass is 354 g/mol. The van der Waals surface area contributed by atoms with Crippen molar-refractivity contribution in [3.63, 3.8) is 0 Å². The lowest BCUT2D eigenvalue weighted by Gasteiger charge is -2.10. The number of rotatable bonds is 6. The highest BCUT2D eigenvalue weighted by Gasteiger charge is 2.08. The molecule has 0 saturated carbocycles. The Bertz CT molecular complexity index is 798. The van der Waals surface area contributed by atoms with E-state index in [4.69, 9.17) is 9.47 Å². The number of aryl methyl sites for hydroxylation is 1. The summed E-state index contributed by atoms with van der Waals surface area (Å²) in [7, 11) is 3.07. The van der Waals surface area contributed by atoms with E-state index in [0.717, 1.165) is 12.0 Å². The molecule has 0 unspecified atom stereocenters. The number of hydrogen-bond donors (Lipinski definition) is 2. The zero-order chi connectivity index (χ0) is 18.9. The maximum absolute atomic E-state index is 12.0. The maximum atomic E-state index is 12.0. The van der Waals surface area contributed by atoms with Crippen LogP contribution >= 0.6 is 0 Å². The van der Waals surface area contributed by atoms with Crippen LogP contribution in [0.4, 0.5) is 0 Å². The van der Waals surface area contributed by atoms with Crippen LogP contribution < -0.4 is 20.3 Å². The normalized spacial score (nSPS) is 10.4. The number of carbonyl (C=O) groups excluding carboxylic acids is 2. The van der Waals surface area contributed by atoms with Crippen LogP contribution in [-0.4, -0.2) is 26.0 Å². The Hall–Kier alpha value is -3.28. The van der Waals surface area contributed by atoms with Crippen LogP contribution in [0.5, 0.6) is 11.5 Å². The molecule has 136 valence electrons. The van der Waals surface area contributed by atoms with Crippen molar-refractivity contribution in [2.24, 2.45) is 0 Å². The van der Waals surface area contributed by atoms with Crippen molar-refractivity contribution in [3.8, 4) is 11.5 Å². The molecule has 0 aliphatic heterocycles. The lowest BCUT2D eigenvalue weighted by atomic mass is 10.1. The van der Waals surface area contributed by atoms with Gasteiger partial charge < -0.3 is 9.47 Å². The fourth-order valence-electron chi connectivity index (χ4n) is 2.33. The molecule has 0 aliphatic carbocycles. The Morgan fingerprint density at radius 1 is 1.00 bits per heavy atom. The van der Waals surface area contributed by atoms with E-state index in [1.807, 2.05) is 19.1 Å². The summed E-state index contributed by atoms with van der Waals surface area (Å²) in [6.45, 7) is 2.04. The van der Waals surface area contributed by atoms with Crippen molar-refractivity contribution < 1.29 is 19.1 Å². The average Bonchev–Trinajstić information content (AvgIpc) is 2.69. The molecule has 0 bridgehead atoms. The van der Waals surface area contributed by atoms with E-state index in [0.29, 0.717) is 22.6 Å². The highest BCUT2D eigenvalue weighted by Crippen LogP contribution is 2.31. The van der Waals surface area contributed by atoms with Gasteiger partial charge in [-0.15, -0.1) is 0 Å². The molecule has 2 amide bonds. The molecule has 0 fully saturated rings. The Labute approximate surface area is 152 Å². The van der Waals surface area contributed by atoms with Gasteiger partial charge in [-0.1, -0.05) is 31.2 Å². The fourth-order valence-corrected chi connectivity index (χ4v) is 2.33. The first-order valence-corrected chi connectivity index (χ1v) is 8.17. The number of carbonyl (C=O) groups is 2. The van der Waals surface area contributed by atoms with Gasteiger partial charge in [-0.3, -0.25) is 20.4 Å². The van der Waals surface area contributed by atoms with Gasteiger partial charge in [0.2, 0.25) is 0 Å². The number of benzene rings is 2. The molecule has 26 heavy (non-hydrogen) atoms. The summed E-state index contributed by atoms with van der Waals surface area (Å²) in [5.74, 6) is 0.250. The van der Waals surface area contributed by atoms with E-state index in [1.165, 1.54) is 13.2 Å². The van der Waals surface area contributed by atoms with Crippen LogP contribution in [0.2, 0.25) is 0 Å². The molecular weight excluding hydrogens is 332 g/mol. The van der Waals surface area contributed by atoms with Crippen molar-refractivity contribution >= 4 is 17.9 Å². The molecule has 6 nitrogen and oxygen atoms in total. The number of hydrazine groups is 1. The van der Waals surface area contributed by atoms with E-state index in [2.05, 4.69) is 10.9 Å². The minimum Gasteiger partial charge on any atom is -0.493 e. The standard InChI is InChI=1S/C20H22N2O4/c1-4-14-8-10-16(11-9-14)20(24)22-21-18(23)13-12-15-6-5-7-17(25-2)19(15)26-3/h5-13H,4H2,1-3H3,(H,21,23)(H,22,24)/b13-12+. The van der Waals surface area contributed by atoms with Gasteiger partial charge in [-0.2, -0.15) is 0 Å². The molecule has 0 saturated heterocycles. The molecule has 6 heteroatoms. The Morgan fingerprint density at radius 3 is 2.35 bits per heavy atom. The molecule has 2 aromatic rings. The van der Waals surface area contributed by atoms with Gasteiger partial charge >= 0.3 is 0 Å². The Morgan fingerprint density at radius 2 is 1.73 bits per heavy atom. The second-order valence-electron chi connectivity index (χ2n) is 5.41. The molecule has 0 aromatic heterocycles. The van der Waals surface area contributed by atoms with Crippen molar-refractivity contribution in [2.45, 2.75) is 13.3 Å². The van der Waals surface area contributed by atoms with Crippen molar-refractivity contribution in [1.29, 1.82) is 0 Å². The largest absolute Gasteiger partial charge is 0.493 e. The Kier molecular flexibility index (Phi) is 6.79. The third-order valence-electron chi connectivity index (χ3n) is 3.77. The summed E-state index contributed by atoms with van der Waals surface area (Å²) in [6.07, 6.45) is 3.79. The summed E-state index contributed by atoms with van der Waals surface area (Å²) in [5.41, 5.74) is 7.02. The van der Waals surface area contributed by atoms with Gasteiger partial charge in [0.15, 0.2) is 11.5 Å². The van der Waals surface area contributed by atoms with Crippen LogP contribution in [0.25, 0.3) is 6.08 Å². The van der Waals surface area contributed by atoms with Crippen LogP contribution in [0.1, 0.15) is 28.4 Å². The number of methoxy groups -OCH3 is 2. The van der Waals surface area contributed by atoms with Crippen LogP contribution in [0.3, 0.4) is 0 Å². The predicted octanol–water partition coefficient (Wildman–Crippen LogP) is 2.74. The smallest absolute Gasteiger partial charge is 0.269 e. The average molecular weight is 354 g/mol. The summed E-state index contributed by atoms with van der Waals surface area (Å²) in [4.78, 5) is 23.9. The summed E-state index contributed by atoms with van der Waals surface area (Å²) < 4.78 is 10.5. The van der Waals surface area contributed by atoms with E-state index < -0.39 is 5.91 Å². The van der Waals surface area contributed by atoms with Gasteiger partial charge in [0.05, 0.1) is 14.2 Å². The second-order valence-corrected chi connectivity index (χ2v) is 5.41. The molecule has 0 heterocycles. The molecule has 0 radical (unpaired) electrons. The van der Waals surface area contributed by atoms with Gasteiger partial charge in [0, 0.05) is 17.2 Å². The summed E-state index contributed by atoms with van der Waals surface area (Å²) in [6, 6.07) is 12.5. The topological polar surface area (TPSA) is 76.7 Å². The van der Waals surface area contributed by atoms with Gasteiger partial charge in [-0.25, -0.2) is 0 Å². The molecule has 0 spiro atoms. The first kappa shape index (κ1) is 19.1. The van der Waals surface area contributed by atoms with Gasteiger partial charge in [0.1, 0.15) is 0 Å². The van der Waals surface area contributed by atoms with E-state index in [9.17, 15) is 9.59 Å². The lowest BCUT2D eigenvalue weighted by Crippen LogP contribution is -2.40. The van der Waals surface area contributed by atoms with E-state index >= 15 is 0 Å². The number of nitrogens with one attached hydrogen (secondary N) is 2. The quantitative estimate of drug-likeness (QED) is 0.618. The van der Waals surface area contributed by atoms with Crippen LogP contribution in [0.15, 0.2) is 48.5 Å². The first-order valence-electron chi connectivity index (χ1n) is 8.17. The van der Waals surface area contributed by atoms with Crippen molar-refractivity contribution in [1.82, 2.24) is 10.9 Å². The zero-order valence-electron chi connectivity index (χ0n) is 15.0. The van der Waals surface area contributed by atoms with Crippen molar-refractivity contribution in [3.05, 3.63) is 65.2 Å². The fraction of sp³-hybridized carbons (Fsp3) is 0.200. The van der Waals surface area contributed by atoms with E-state index in [-0.39, 0.29) is 5.91 Å². The first-order chi connectivity index (χ1) is 12.6. The molecule has 2 aromatic carbocycles. The molecule has 2 N–H and O–H groups in total. The van der Waals surface area contributed by atoms with Crippen LogP contribution in [0, 0.1) is 0 Å². The maximum Gasteiger partial charge on any atom is 0.269 e. The van der Waals surface area contributed by atoms with Gasteiger partial charge in [-0.05, 0) is 36.3 Å². The molecule has 0 atom stereocenters. The minimum absolute atomic E-state index is 0.381. The number of hydrogen-bond acceptors (Lipinski definition) is 4. The number of ether oxygens (including phenoxy) is 2. The van der Waals surface area contributed by atoms with E-state index in [1.54, 1.807) is 43.5 Å². The molecule has 0 aliphatic rings. The van der Waals surface area contributed by atoms with Crippen LogP contribution in [-0.2, 0) is 11.2 Å². The third-order valence-corrected chi connectivity index (χ3v) is 3.77. The Balaban J connectivity index is 1.96. The lowest BCUT2D eigenvalue weighted by molar-refractivity contribution is -0.117. The highest BCUT2D eigenvalue weighted by molar-refractivity contribution is 5.98. The molecule has 2 rings (SSSR count). The SMILES string of the molecule is CCc1ccc(C(=O)NNC(=O)/C=C/c2cccc(OC)c2OC)cc1. The number of amides is 2. The zero-order valence-corrected chi connectivity index (χ0v) is 15.0. The summed E-state index contributed by atoms with van der Waals surface area (Å²) in [5, 5.41) is 0. The predicted molar refractivity (Wildman–Crippen MR) is 100 cm³/mol. The van der Waals surface area contributed by atoms with Gasteiger partial charge in [0.25, 0.3) is 11.8 Å². The third kappa shape index (κ3) is 4.86. The highest BCUT2D eigenvalue weighted by atomic mass is 16.5. The second kappa shape index (κ2) is 9.27. The summed E-state index contributed by atoms with van der Waals surface area (Å²) >= 11 is 0.